The highest BCUT2D eigenvalue weighted by Crippen LogP contribution is 2.24. The Kier molecular flexibility index (Phi) is 4.28. The predicted molar refractivity (Wildman–Crippen MR) is 79.1 cm³/mol. The van der Waals surface area contributed by atoms with E-state index in [4.69, 9.17) is 5.73 Å². The molecule has 0 atom stereocenters. The van der Waals surface area contributed by atoms with Crippen LogP contribution < -0.4 is 11.1 Å². The first-order chi connectivity index (χ1) is 8.54. The first-order valence-corrected chi connectivity index (χ1v) is 7.19. The minimum atomic E-state index is -0.0441. The highest BCUT2D eigenvalue weighted by atomic mass is 14.9. The average Bonchev–Trinajstić information content (AvgIpc) is 2.33. The smallest absolute Gasteiger partial charge is 0.0343 e. The van der Waals surface area contributed by atoms with Crippen molar-refractivity contribution in [3.63, 3.8) is 0 Å². The molecule has 0 radical (unpaired) electrons. The Morgan fingerprint density at radius 1 is 1.17 bits per heavy atom. The molecule has 0 amide bonds. The maximum Gasteiger partial charge on any atom is 0.0343 e. The molecule has 1 aromatic rings. The fourth-order valence-corrected chi connectivity index (χ4v) is 2.62. The molecule has 0 saturated carbocycles. The minimum absolute atomic E-state index is 0.0441. The van der Waals surface area contributed by atoms with Crippen molar-refractivity contribution in [2.45, 2.75) is 57.9 Å². The maximum atomic E-state index is 5.98. The van der Waals surface area contributed by atoms with E-state index in [1.165, 1.54) is 31.4 Å². The molecular formula is C16H26N2. The largest absolute Gasteiger partial charge is 0.385 e. The number of aryl methyl sites for hydroxylation is 2. The van der Waals surface area contributed by atoms with Gasteiger partial charge >= 0.3 is 0 Å². The molecule has 0 bridgehead atoms. The molecule has 1 aromatic carbocycles. The SMILES string of the molecule is CC(C)(N)CCCNc1ccc2c(c1)CCCC2. The lowest BCUT2D eigenvalue weighted by Crippen LogP contribution is -2.32. The molecule has 2 nitrogen and oxygen atoms in total. The number of anilines is 1. The van der Waals surface area contributed by atoms with Crippen LogP contribution in [0.15, 0.2) is 18.2 Å². The standard InChI is InChI=1S/C16H26N2/c1-16(2,17)10-5-11-18-15-9-8-13-6-3-4-7-14(13)12-15/h8-9,12,18H,3-7,10-11,17H2,1-2H3. The van der Waals surface area contributed by atoms with E-state index in [-0.39, 0.29) is 5.54 Å². The third kappa shape index (κ3) is 4.02. The maximum absolute atomic E-state index is 5.98. The number of hydrogen-bond donors (Lipinski definition) is 2. The van der Waals surface area contributed by atoms with E-state index in [1.54, 1.807) is 11.1 Å². The Labute approximate surface area is 111 Å². The second-order valence-corrected chi connectivity index (χ2v) is 6.21. The third-order valence-corrected chi connectivity index (χ3v) is 3.68. The van der Waals surface area contributed by atoms with Crippen LogP contribution in [0.25, 0.3) is 0 Å². The van der Waals surface area contributed by atoms with Gasteiger partial charge in [0.25, 0.3) is 0 Å². The van der Waals surface area contributed by atoms with Gasteiger partial charge in [0.15, 0.2) is 0 Å². The van der Waals surface area contributed by atoms with Crippen LogP contribution in [0, 0.1) is 0 Å². The summed E-state index contributed by atoms with van der Waals surface area (Å²) in [7, 11) is 0. The lowest BCUT2D eigenvalue weighted by atomic mass is 9.91. The highest BCUT2D eigenvalue weighted by molar-refractivity contribution is 5.49. The fraction of sp³-hybridized carbons (Fsp3) is 0.625. The summed E-state index contributed by atoms with van der Waals surface area (Å²) < 4.78 is 0. The third-order valence-electron chi connectivity index (χ3n) is 3.68. The molecule has 0 fully saturated rings. The lowest BCUT2D eigenvalue weighted by molar-refractivity contribution is 0.465. The molecule has 2 heteroatoms. The second kappa shape index (κ2) is 5.75. The molecule has 0 heterocycles. The van der Waals surface area contributed by atoms with Crippen molar-refractivity contribution in [1.82, 2.24) is 0 Å². The lowest BCUT2D eigenvalue weighted by Gasteiger charge is -2.19. The van der Waals surface area contributed by atoms with Crippen molar-refractivity contribution >= 4 is 5.69 Å². The average molecular weight is 246 g/mol. The van der Waals surface area contributed by atoms with E-state index in [1.807, 2.05) is 0 Å². The summed E-state index contributed by atoms with van der Waals surface area (Å²) in [5.74, 6) is 0. The Bertz CT molecular complexity index is 391. The summed E-state index contributed by atoms with van der Waals surface area (Å²) >= 11 is 0. The summed E-state index contributed by atoms with van der Waals surface area (Å²) in [6.45, 7) is 5.19. The van der Waals surface area contributed by atoms with Crippen molar-refractivity contribution in [2.24, 2.45) is 5.73 Å². The molecule has 0 aromatic heterocycles. The van der Waals surface area contributed by atoms with Gasteiger partial charge in [-0.2, -0.15) is 0 Å². The Morgan fingerprint density at radius 3 is 2.61 bits per heavy atom. The molecule has 0 aliphatic heterocycles. The highest BCUT2D eigenvalue weighted by Gasteiger charge is 2.10. The number of hydrogen-bond acceptors (Lipinski definition) is 2. The van der Waals surface area contributed by atoms with Gasteiger partial charge in [-0.05, 0) is 75.6 Å². The zero-order valence-electron chi connectivity index (χ0n) is 11.8. The van der Waals surface area contributed by atoms with Crippen LogP contribution in [0.4, 0.5) is 5.69 Å². The Morgan fingerprint density at radius 2 is 1.89 bits per heavy atom. The van der Waals surface area contributed by atoms with E-state index in [0.29, 0.717) is 0 Å². The molecule has 1 aliphatic carbocycles. The van der Waals surface area contributed by atoms with Crippen LogP contribution >= 0.6 is 0 Å². The topological polar surface area (TPSA) is 38.0 Å². The molecule has 100 valence electrons. The molecule has 3 N–H and O–H groups in total. The summed E-state index contributed by atoms with van der Waals surface area (Å²) in [5.41, 5.74) is 10.3. The van der Waals surface area contributed by atoms with Crippen molar-refractivity contribution in [1.29, 1.82) is 0 Å². The van der Waals surface area contributed by atoms with Gasteiger partial charge < -0.3 is 11.1 Å². The zero-order valence-corrected chi connectivity index (χ0v) is 11.8. The van der Waals surface area contributed by atoms with Gasteiger partial charge in [-0.25, -0.2) is 0 Å². The molecule has 0 unspecified atom stereocenters. The van der Waals surface area contributed by atoms with Gasteiger partial charge in [0.1, 0.15) is 0 Å². The summed E-state index contributed by atoms with van der Waals surface area (Å²) in [5, 5.41) is 3.51. The van der Waals surface area contributed by atoms with E-state index in [2.05, 4.69) is 37.4 Å². The van der Waals surface area contributed by atoms with Gasteiger partial charge in [-0.1, -0.05) is 6.07 Å². The molecule has 0 saturated heterocycles. The number of nitrogens with two attached hydrogens (primary N) is 1. The van der Waals surface area contributed by atoms with E-state index in [0.717, 1.165) is 19.4 Å². The van der Waals surface area contributed by atoms with Crippen LogP contribution in [0.3, 0.4) is 0 Å². The molecule has 2 rings (SSSR count). The number of nitrogens with one attached hydrogen (secondary N) is 1. The van der Waals surface area contributed by atoms with Gasteiger partial charge in [-0.3, -0.25) is 0 Å². The van der Waals surface area contributed by atoms with Gasteiger partial charge in [0.2, 0.25) is 0 Å². The summed E-state index contributed by atoms with van der Waals surface area (Å²) in [4.78, 5) is 0. The quantitative estimate of drug-likeness (QED) is 0.780. The summed E-state index contributed by atoms with van der Waals surface area (Å²) in [6, 6.07) is 6.85. The van der Waals surface area contributed by atoms with Crippen LogP contribution in [0.5, 0.6) is 0 Å². The number of rotatable bonds is 5. The van der Waals surface area contributed by atoms with Crippen LogP contribution in [-0.4, -0.2) is 12.1 Å². The summed E-state index contributed by atoms with van der Waals surface area (Å²) in [6.07, 6.45) is 7.40. The van der Waals surface area contributed by atoms with Gasteiger partial charge in [-0.15, -0.1) is 0 Å². The Hall–Kier alpha value is -1.02. The van der Waals surface area contributed by atoms with Gasteiger partial charge in [0.05, 0.1) is 0 Å². The number of fused-ring (bicyclic) bond motifs is 1. The molecular weight excluding hydrogens is 220 g/mol. The molecule has 1 aliphatic rings. The van der Waals surface area contributed by atoms with E-state index >= 15 is 0 Å². The van der Waals surface area contributed by atoms with E-state index in [9.17, 15) is 0 Å². The van der Waals surface area contributed by atoms with Crippen molar-refractivity contribution in [3.8, 4) is 0 Å². The zero-order chi connectivity index (χ0) is 13.0. The van der Waals surface area contributed by atoms with Crippen molar-refractivity contribution in [2.75, 3.05) is 11.9 Å². The number of benzene rings is 1. The first-order valence-electron chi connectivity index (χ1n) is 7.19. The van der Waals surface area contributed by atoms with Crippen LogP contribution in [0.1, 0.15) is 50.7 Å². The molecule has 0 spiro atoms. The van der Waals surface area contributed by atoms with Crippen LogP contribution in [-0.2, 0) is 12.8 Å². The van der Waals surface area contributed by atoms with Gasteiger partial charge in [0, 0.05) is 17.8 Å². The first kappa shape index (κ1) is 13.4. The minimum Gasteiger partial charge on any atom is -0.385 e. The van der Waals surface area contributed by atoms with E-state index < -0.39 is 0 Å². The fourth-order valence-electron chi connectivity index (χ4n) is 2.62. The van der Waals surface area contributed by atoms with Crippen molar-refractivity contribution < 1.29 is 0 Å². The predicted octanol–water partition coefficient (Wildman–Crippen LogP) is 3.49. The van der Waals surface area contributed by atoms with Crippen molar-refractivity contribution in [3.05, 3.63) is 29.3 Å². The van der Waals surface area contributed by atoms with Crippen LogP contribution in [0.2, 0.25) is 0 Å². The second-order valence-electron chi connectivity index (χ2n) is 6.21. The monoisotopic (exact) mass is 246 g/mol. The Balaban J connectivity index is 1.83. The normalized spacial score (nSPS) is 15.3. The molecule has 18 heavy (non-hydrogen) atoms.